The predicted molar refractivity (Wildman–Crippen MR) is 69.2 cm³/mol. The van der Waals surface area contributed by atoms with Gasteiger partial charge in [-0.1, -0.05) is 0 Å². The van der Waals surface area contributed by atoms with Crippen molar-refractivity contribution >= 4 is 29.1 Å². The van der Waals surface area contributed by atoms with Gasteiger partial charge in [-0.05, 0) is 12.1 Å². The molecule has 2 rings (SSSR count). The molecule has 0 spiro atoms. The van der Waals surface area contributed by atoms with Gasteiger partial charge in [0.1, 0.15) is 6.20 Å². The SMILES string of the molecule is Cn1ncc([N+](=O)[O-])c1C(=O)N/N=C/c1ccc(F)s1. The van der Waals surface area contributed by atoms with Gasteiger partial charge < -0.3 is 0 Å². The minimum Gasteiger partial charge on any atom is -0.265 e. The number of nitro groups is 1. The molecule has 0 aliphatic carbocycles. The smallest absolute Gasteiger partial charge is 0.265 e. The van der Waals surface area contributed by atoms with Crippen molar-refractivity contribution in [1.29, 1.82) is 0 Å². The van der Waals surface area contributed by atoms with Gasteiger partial charge in [0.15, 0.2) is 5.13 Å². The van der Waals surface area contributed by atoms with E-state index >= 15 is 0 Å². The number of carbonyl (C=O) groups is 1. The molecule has 2 aromatic rings. The molecule has 1 amide bonds. The molecular weight excluding hydrogens is 289 g/mol. The second-order valence-corrected chi connectivity index (χ2v) is 4.67. The van der Waals surface area contributed by atoms with Gasteiger partial charge in [-0.15, -0.1) is 11.3 Å². The van der Waals surface area contributed by atoms with Crippen molar-refractivity contribution in [3.63, 3.8) is 0 Å². The Hall–Kier alpha value is -2.62. The molecule has 0 aromatic carbocycles. The van der Waals surface area contributed by atoms with Gasteiger partial charge in [0, 0.05) is 7.05 Å². The standard InChI is InChI=1S/C10H8FN5O3S/c1-15-9(7(5-13-15)16(18)19)10(17)14-12-4-6-2-3-8(11)20-6/h2-5H,1H3,(H,14,17)/b12-4+. The van der Waals surface area contributed by atoms with Crippen molar-refractivity contribution in [3.05, 3.63) is 44.1 Å². The highest BCUT2D eigenvalue weighted by Gasteiger charge is 2.25. The molecule has 0 unspecified atom stereocenters. The molecule has 10 heteroatoms. The fourth-order valence-corrected chi connectivity index (χ4v) is 2.03. The minimum atomic E-state index is -0.773. The number of hydrazone groups is 1. The van der Waals surface area contributed by atoms with Crippen molar-refractivity contribution < 1.29 is 14.1 Å². The maximum Gasteiger partial charge on any atom is 0.320 e. The van der Waals surface area contributed by atoms with E-state index in [9.17, 15) is 19.3 Å². The number of aryl methyl sites for hydroxylation is 1. The second-order valence-electron chi connectivity index (χ2n) is 3.60. The first-order chi connectivity index (χ1) is 9.49. The van der Waals surface area contributed by atoms with Crippen LogP contribution in [0, 0.1) is 15.2 Å². The topological polar surface area (TPSA) is 102 Å². The summed E-state index contributed by atoms with van der Waals surface area (Å²) in [7, 11) is 1.40. The maximum atomic E-state index is 12.7. The Kier molecular flexibility index (Phi) is 3.84. The van der Waals surface area contributed by atoms with E-state index in [1.807, 2.05) is 0 Å². The van der Waals surface area contributed by atoms with E-state index in [2.05, 4.69) is 15.6 Å². The first-order valence-corrected chi connectivity index (χ1v) is 6.06. The van der Waals surface area contributed by atoms with Crippen molar-refractivity contribution in [2.45, 2.75) is 0 Å². The summed E-state index contributed by atoms with van der Waals surface area (Å²) < 4.78 is 13.8. The lowest BCUT2D eigenvalue weighted by Crippen LogP contribution is -2.21. The molecule has 2 heterocycles. The fourth-order valence-electron chi connectivity index (χ4n) is 1.43. The quantitative estimate of drug-likeness (QED) is 0.522. The van der Waals surface area contributed by atoms with Crippen LogP contribution >= 0.6 is 11.3 Å². The van der Waals surface area contributed by atoms with Crippen LogP contribution < -0.4 is 5.43 Å². The molecule has 0 atom stereocenters. The van der Waals surface area contributed by atoms with Crippen LogP contribution in [0.15, 0.2) is 23.4 Å². The molecule has 0 fully saturated rings. The first-order valence-electron chi connectivity index (χ1n) is 5.24. The number of hydrogen-bond donors (Lipinski definition) is 1. The molecular formula is C10H8FN5O3S. The molecule has 8 nitrogen and oxygen atoms in total. The van der Waals surface area contributed by atoms with Gasteiger partial charge in [-0.2, -0.15) is 14.6 Å². The molecule has 0 bridgehead atoms. The third-order valence-electron chi connectivity index (χ3n) is 2.28. The molecule has 0 radical (unpaired) electrons. The third-order valence-corrected chi connectivity index (χ3v) is 3.09. The van der Waals surface area contributed by atoms with Crippen LogP contribution in [0.1, 0.15) is 15.4 Å². The van der Waals surface area contributed by atoms with E-state index in [1.165, 1.54) is 25.4 Å². The highest BCUT2D eigenvalue weighted by molar-refractivity contribution is 7.12. The minimum absolute atomic E-state index is 0.218. The number of thiophene rings is 1. The third kappa shape index (κ3) is 2.85. The lowest BCUT2D eigenvalue weighted by Gasteiger charge is -1.99. The van der Waals surface area contributed by atoms with Gasteiger partial charge >= 0.3 is 5.69 Å². The molecule has 20 heavy (non-hydrogen) atoms. The van der Waals surface area contributed by atoms with Gasteiger partial charge in [-0.25, -0.2) is 5.43 Å². The molecule has 0 saturated heterocycles. The average Bonchev–Trinajstić information content (AvgIpc) is 2.95. The summed E-state index contributed by atoms with van der Waals surface area (Å²) in [6.45, 7) is 0. The van der Waals surface area contributed by atoms with Crippen LogP contribution in [0.5, 0.6) is 0 Å². The summed E-state index contributed by atoms with van der Waals surface area (Å²) in [5, 5.41) is 17.6. The summed E-state index contributed by atoms with van der Waals surface area (Å²) in [5.74, 6) is -0.773. The largest absolute Gasteiger partial charge is 0.320 e. The van der Waals surface area contributed by atoms with Crippen LogP contribution in [0.25, 0.3) is 0 Å². The monoisotopic (exact) mass is 297 g/mol. The Morgan fingerprint density at radius 1 is 1.65 bits per heavy atom. The lowest BCUT2D eigenvalue weighted by atomic mass is 10.3. The summed E-state index contributed by atoms with van der Waals surface area (Å²) in [4.78, 5) is 22.3. The van der Waals surface area contributed by atoms with E-state index < -0.39 is 16.5 Å². The first kappa shape index (κ1) is 13.8. The number of rotatable bonds is 4. The van der Waals surface area contributed by atoms with E-state index in [1.54, 1.807) is 0 Å². The number of nitrogens with one attached hydrogen (secondary N) is 1. The van der Waals surface area contributed by atoms with Crippen LogP contribution in [-0.2, 0) is 7.05 Å². The van der Waals surface area contributed by atoms with Gasteiger partial charge in [0.2, 0.25) is 5.69 Å². The number of halogens is 1. The average molecular weight is 297 g/mol. The second kappa shape index (κ2) is 5.57. The summed E-state index contributed by atoms with van der Waals surface area (Å²) >= 11 is 0.855. The van der Waals surface area contributed by atoms with E-state index in [4.69, 9.17) is 0 Å². The fraction of sp³-hybridized carbons (Fsp3) is 0.100. The van der Waals surface area contributed by atoms with Crippen LogP contribution in [-0.4, -0.2) is 26.8 Å². The van der Waals surface area contributed by atoms with Crippen LogP contribution in [0.2, 0.25) is 0 Å². The summed E-state index contributed by atoms with van der Waals surface area (Å²) in [6.07, 6.45) is 2.22. The van der Waals surface area contributed by atoms with Gasteiger partial charge in [0.05, 0.1) is 16.0 Å². The zero-order chi connectivity index (χ0) is 14.7. The molecule has 0 saturated carbocycles. The van der Waals surface area contributed by atoms with E-state index in [-0.39, 0.29) is 10.8 Å². The van der Waals surface area contributed by atoms with Crippen LogP contribution in [0.4, 0.5) is 10.1 Å². The Morgan fingerprint density at radius 3 is 3.00 bits per heavy atom. The highest BCUT2D eigenvalue weighted by atomic mass is 32.1. The normalized spacial score (nSPS) is 10.9. The lowest BCUT2D eigenvalue weighted by molar-refractivity contribution is -0.385. The molecule has 0 aliphatic heterocycles. The van der Waals surface area contributed by atoms with Crippen molar-refractivity contribution in [3.8, 4) is 0 Å². The Balaban J connectivity index is 2.11. The highest BCUT2D eigenvalue weighted by Crippen LogP contribution is 2.16. The maximum absolute atomic E-state index is 12.7. The Morgan fingerprint density at radius 2 is 2.40 bits per heavy atom. The van der Waals surface area contributed by atoms with Crippen molar-refractivity contribution in [2.75, 3.05) is 0 Å². The van der Waals surface area contributed by atoms with E-state index in [0.29, 0.717) is 4.88 Å². The Bertz CT molecular complexity index is 693. The molecule has 0 aliphatic rings. The number of aromatic nitrogens is 2. The Labute approximate surface area is 115 Å². The molecule has 104 valence electrons. The van der Waals surface area contributed by atoms with Gasteiger partial charge in [0.25, 0.3) is 5.91 Å². The zero-order valence-electron chi connectivity index (χ0n) is 10.1. The number of nitrogens with zero attached hydrogens (tertiary/aromatic N) is 4. The number of carbonyl (C=O) groups excluding carboxylic acids is 1. The van der Waals surface area contributed by atoms with Crippen molar-refractivity contribution in [1.82, 2.24) is 15.2 Å². The molecule has 1 N–H and O–H groups in total. The summed E-state index contributed by atoms with van der Waals surface area (Å²) in [6, 6.07) is 2.75. The van der Waals surface area contributed by atoms with Gasteiger partial charge in [-0.3, -0.25) is 19.6 Å². The zero-order valence-corrected chi connectivity index (χ0v) is 10.9. The number of amides is 1. The predicted octanol–water partition coefficient (Wildman–Crippen LogP) is 1.29. The van der Waals surface area contributed by atoms with E-state index in [0.717, 1.165) is 22.2 Å². The van der Waals surface area contributed by atoms with Crippen LogP contribution in [0.3, 0.4) is 0 Å². The summed E-state index contributed by atoms with van der Waals surface area (Å²) in [5.41, 5.74) is 1.50. The van der Waals surface area contributed by atoms with Crippen molar-refractivity contribution in [2.24, 2.45) is 12.1 Å². The number of hydrogen-bond acceptors (Lipinski definition) is 6. The molecule has 2 aromatic heterocycles.